The van der Waals surface area contributed by atoms with Crippen molar-refractivity contribution in [3.63, 3.8) is 0 Å². The van der Waals surface area contributed by atoms with Crippen molar-refractivity contribution in [2.45, 2.75) is 45.4 Å². The lowest BCUT2D eigenvalue weighted by atomic mass is 9.99. The molecule has 226 valence electrons. The van der Waals surface area contributed by atoms with E-state index >= 15 is 0 Å². The summed E-state index contributed by atoms with van der Waals surface area (Å²) in [5.41, 5.74) is 3.31. The Balaban J connectivity index is 1.58. The fraction of sp³-hybridized carbons (Fsp3) is 0.303. The average molecular weight is 591 g/mol. The Bertz CT molecular complexity index is 1520. The van der Waals surface area contributed by atoms with Gasteiger partial charge in [0.15, 0.2) is 0 Å². The van der Waals surface area contributed by atoms with Crippen molar-refractivity contribution in [3.05, 3.63) is 113 Å². The molecule has 0 aliphatic rings. The fourth-order valence-corrected chi connectivity index (χ4v) is 4.72. The van der Waals surface area contributed by atoms with Gasteiger partial charge >= 0.3 is 0 Å². The number of oxazole rings is 1. The molecule has 0 saturated heterocycles. The molecule has 4 aromatic rings. The molecule has 3 N–H and O–H groups in total. The topological polar surface area (TPSA) is 108 Å². The Morgan fingerprint density at radius 2 is 1.70 bits per heavy atom. The lowest BCUT2D eigenvalue weighted by Gasteiger charge is -2.25. The molecule has 0 radical (unpaired) electrons. The van der Waals surface area contributed by atoms with Crippen LogP contribution in [0.15, 0.2) is 77.5 Å². The molecule has 2 atom stereocenters. The van der Waals surface area contributed by atoms with E-state index < -0.39 is 29.7 Å². The normalized spacial score (nSPS) is 12.5. The van der Waals surface area contributed by atoms with Gasteiger partial charge in [-0.3, -0.25) is 9.59 Å². The highest BCUT2D eigenvalue weighted by Crippen LogP contribution is 2.23. The maximum atomic E-state index is 14.0. The number of halogens is 2. The van der Waals surface area contributed by atoms with Crippen LogP contribution in [0.25, 0.3) is 11.5 Å². The summed E-state index contributed by atoms with van der Waals surface area (Å²) < 4.78 is 33.4. The summed E-state index contributed by atoms with van der Waals surface area (Å²) in [6, 6.07) is 14.8. The van der Waals surface area contributed by atoms with Gasteiger partial charge in [-0.2, -0.15) is 0 Å². The molecular weight excluding hydrogens is 554 g/mol. The number of aryl methyl sites for hydroxylation is 1. The molecule has 4 rings (SSSR count). The van der Waals surface area contributed by atoms with Gasteiger partial charge in [-0.15, -0.1) is 0 Å². The van der Waals surface area contributed by atoms with E-state index in [0.717, 1.165) is 18.1 Å². The van der Waals surface area contributed by atoms with Crippen molar-refractivity contribution < 1.29 is 27.9 Å². The highest BCUT2D eigenvalue weighted by molar-refractivity contribution is 6.01. The second kappa shape index (κ2) is 14.7. The predicted octanol–water partition coefficient (Wildman–Crippen LogP) is 4.77. The molecule has 0 aliphatic carbocycles. The highest BCUT2D eigenvalue weighted by Gasteiger charge is 2.25. The smallest absolute Gasteiger partial charge is 0.253 e. The van der Waals surface area contributed by atoms with E-state index in [4.69, 9.17) is 4.42 Å². The number of rotatable bonds is 13. The van der Waals surface area contributed by atoms with Crippen LogP contribution in [0, 0.1) is 11.6 Å². The van der Waals surface area contributed by atoms with Crippen molar-refractivity contribution in [2.75, 3.05) is 20.1 Å². The zero-order valence-corrected chi connectivity index (χ0v) is 24.4. The van der Waals surface area contributed by atoms with Crippen molar-refractivity contribution in [1.29, 1.82) is 0 Å². The molecule has 0 spiro atoms. The Kier molecular flexibility index (Phi) is 10.7. The highest BCUT2D eigenvalue weighted by atomic mass is 19.1. The molecule has 10 heteroatoms. The number of aliphatic hydroxyl groups is 1. The standard InChI is InChI=1S/C33H36F2N4O4/c1-4-21-7-6-8-22(11-21)19-36-20-30(40)29(14-23-12-27(34)18-28(35)13-23)38-31(41)24-15-25(32-37-9-10-43-32)17-26(16-24)33(42)39(3)5-2/h6-13,15-18,29-30,36,40H,4-5,14,19-20H2,1-3H3,(H,38,41)/t29-,30+/m0/s1. The van der Waals surface area contributed by atoms with E-state index in [1.165, 1.54) is 47.2 Å². The van der Waals surface area contributed by atoms with E-state index in [0.29, 0.717) is 18.7 Å². The largest absolute Gasteiger partial charge is 0.445 e. The zero-order chi connectivity index (χ0) is 30.9. The number of nitrogens with one attached hydrogen (secondary N) is 2. The fourth-order valence-electron chi connectivity index (χ4n) is 4.72. The quantitative estimate of drug-likeness (QED) is 0.207. The average Bonchev–Trinajstić information content (AvgIpc) is 3.54. The van der Waals surface area contributed by atoms with E-state index in [1.54, 1.807) is 13.1 Å². The summed E-state index contributed by atoms with van der Waals surface area (Å²) in [5.74, 6) is -2.17. The first-order valence-electron chi connectivity index (χ1n) is 14.2. The number of hydrogen-bond acceptors (Lipinski definition) is 6. The van der Waals surface area contributed by atoms with Gasteiger partial charge in [-0.25, -0.2) is 13.8 Å². The lowest BCUT2D eigenvalue weighted by molar-refractivity contribution is 0.0802. The molecule has 0 fully saturated rings. The lowest BCUT2D eigenvalue weighted by Crippen LogP contribution is -2.48. The number of hydrogen-bond donors (Lipinski definition) is 3. The van der Waals surface area contributed by atoms with Gasteiger partial charge < -0.3 is 25.1 Å². The molecule has 1 heterocycles. The van der Waals surface area contributed by atoms with Gasteiger partial charge in [0.25, 0.3) is 11.8 Å². The van der Waals surface area contributed by atoms with Gasteiger partial charge in [0.05, 0.1) is 18.3 Å². The summed E-state index contributed by atoms with van der Waals surface area (Å²) in [7, 11) is 1.65. The monoisotopic (exact) mass is 590 g/mol. The van der Waals surface area contributed by atoms with Gasteiger partial charge in [-0.05, 0) is 66.8 Å². The van der Waals surface area contributed by atoms with Crippen LogP contribution in [0.3, 0.4) is 0 Å². The van der Waals surface area contributed by atoms with Crippen LogP contribution >= 0.6 is 0 Å². The Labute approximate surface area is 249 Å². The minimum atomic E-state index is -1.12. The number of aromatic nitrogens is 1. The molecule has 0 bridgehead atoms. The summed E-state index contributed by atoms with van der Waals surface area (Å²) in [4.78, 5) is 32.3. The number of carbonyl (C=O) groups excluding carboxylic acids is 2. The number of carbonyl (C=O) groups is 2. The number of amides is 2. The van der Waals surface area contributed by atoms with E-state index in [-0.39, 0.29) is 41.5 Å². The van der Waals surface area contributed by atoms with Crippen molar-refractivity contribution in [2.24, 2.45) is 0 Å². The molecule has 2 amide bonds. The van der Waals surface area contributed by atoms with Crippen LogP contribution in [0.4, 0.5) is 8.78 Å². The molecule has 3 aromatic carbocycles. The Hall–Kier alpha value is -4.41. The van der Waals surface area contributed by atoms with Crippen molar-refractivity contribution >= 4 is 11.8 Å². The molecule has 0 aliphatic heterocycles. The van der Waals surface area contributed by atoms with Gasteiger partial charge in [0, 0.05) is 49.4 Å². The molecule has 0 unspecified atom stereocenters. The summed E-state index contributed by atoms with van der Waals surface area (Å²) in [5, 5.41) is 17.2. The maximum Gasteiger partial charge on any atom is 0.253 e. The third-order valence-electron chi connectivity index (χ3n) is 7.18. The van der Waals surface area contributed by atoms with Crippen LogP contribution in [0.1, 0.15) is 51.3 Å². The molecular formula is C33H36F2N4O4. The second-order valence-corrected chi connectivity index (χ2v) is 10.4. The third-order valence-corrected chi connectivity index (χ3v) is 7.18. The summed E-state index contributed by atoms with van der Waals surface area (Å²) in [6.45, 7) is 4.94. The number of aliphatic hydroxyl groups excluding tert-OH is 1. The summed E-state index contributed by atoms with van der Waals surface area (Å²) >= 11 is 0. The predicted molar refractivity (Wildman–Crippen MR) is 159 cm³/mol. The minimum Gasteiger partial charge on any atom is -0.445 e. The molecule has 43 heavy (non-hydrogen) atoms. The van der Waals surface area contributed by atoms with E-state index in [9.17, 15) is 23.5 Å². The Morgan fingerprint density at radius 3 is 2.37 bits per heavy atom. The first kappa shape index (κ1) is 31.5. The molecule has 1 aromatic heterocycles. The zero-order valence-electron chi connectivity index (χ0n) is 24.4. The van der Waals surface area contributed by atoms with E-state index in [1.807, 2.05) is 25.1 Å². The van der Waals surface area contributed by atoms with Gasteiger partial charge in [-0.1, -0.05) is 31.2 Å². The first-order chi connectivity index (χ1) is 20.7. The minimum absolute atomic E-state index is 0.0433. The van der Waals surface area contributed by atoms with Crippen LogP contribution in [0.5, 0.6) is 0 Å². The SMILES string of the molecule is CCc1cccc(CNC[C@@H](O)[C@H](Cc2cc(F)cc(F)c2)NC(=O)c2cc(C(=O)N(C)CC)cc(-c3ncco3)c2)c1. The molecule has 8 nitrogen and oxygen atoms in total. The number of benzene rings is 3. The number of nitrogens with zero attached hydrogens (tertiary/aromatic N) is 2. The molecule has 0 saturated carbocycles. The summed E-state index contributed by atoms with van der Waals surface area (Å²) in [6.07, 6.45) is 2.58. The third kappa shape index (κ3) is 8.56. The second-order valence-electron chi connectivity index (χ2n) is 10.4. The van der Waals surface area contributed by atoms with Gasteiger partial charge in [0.1, 0.15) is 17.9 Å². The maximum absolute atomic E-state index is 14.0. The van der Waals surface area contributed by atoms with Crippen molar-refractivity contribution in [3.8, 4) is 11.5 Å². The van der Waals surface area contributed by atoms with Gasteiger partial charge in [0.2, 0.25) is 5.89 Å². The Morgan fingerprint density at radius 1 is 0.977 bits per heavy atom. The van der Waals surface area contributed by atoms with Crippen LogP contribution in [-0.2, 0) is 19.4 Å². The van der Waals surface area contributed by atoms with Crippen LogP contribution in [-0.4, -0.2) is 59.1 Å². The first-order valence-corrected chi connectivity index (χ1v) is 14.2. The van der Waals surface area contributed by atoms with Crippen LogP contribution < -0.4 is 10.6 Å². The van der Waals surface area contributed by atoms with Crippen molar-refractivity contribution in [1.82, 2.24) is 20.5 Å². The van der Waals surface area contributed by atoms with Crippen LogP contribution in [0.2, 0.25) is 0 Å². The van der Waals surface area contributed by atoms with E-state index in [2.05, 4.69) is 28.6 Å².